The van der Waals surface area contributed by atoms with Gasteiger partial charge in [0.2, 0.25) is 0 Å². The number of rotatable bonds is 2. The second-order valence-corrected chi connectivity index (χ2v) is 4.55. The first-order chi connectivity index (χ1) is 9.36. The van der Waals surface area contributed by atoms with E-state index in [-0.39, 0.29) is 0 Å². The maximum atomic E-state index is 8.80. The van der Waals surface area contributed by atoms with Gasteiger partial charge in [-0.3, -0.25) is 0 Å². The molecule has 94 valence electrons. The van der Waals surface area contributed by atoms with Crippen LogP contribution in [0.1, 0.15) is 11.1 Å². The first-order valence-corrected chi connectivity index (χ1v) is 6.32. The van der Waals surface area contributed by atoms with E-state index in [4.69, 9.17) is 10.00 Å². The third-order valence-electron chi connectivity index (χ3n) is 3.28. The number of hydrogen-bond donors (Lipinski definition) is 0. The predicted octanol–water partition coefficient (Wildman–Crippen LogP) is 2.96. The Hall–Kier alpha value is -2.47. The van der Waals surface area contributed by atoms with Gasteiger partial charge in [-0.1, -0.05) is 24.3 Å². The minimum atomic E-state index is 0.700. The van der Waals surface area contributed by atoms with Crippen LogP contribution in [0.2, 0.25) is 0 Å². The molecule has 0 fully saturated rings. The Bertz CT molecular complexity index is 613. The summed E-state index contributed by atoms with van der Waals surface area (Å²) in [5.41, 5.74) is 3.04. The van der Waals surface area contributed by atoms with E-state index in [1.807, 2.05) is 42.5 Å². The van der Waals surface area contributed by atoms with Gasteiger partial charge in [0.25, 0.3) is 0 Å². The first kappa shape index (κ1) is 11.6. The molecule has 0 unspecified atom stereocenters. The normalized spacial score (nSPS) is 13.3. The van der Waals surface area contributed by atoms with Crippen LogP contribution >= 0.6 is 0 Å². The van der Waals surface area contributed by atoms with E-state index < -0.39 is 0 Å². The van der Waals surface area contributed by atoms with E-state index in [1.54, 1.807) is 0 Å². The molecule has 0 atom stereocenters. The van der Waals surface area contributed by atoms with Crippen LogP contribution in [-0.4, -0.2) is 13.2 Å². The van der Waals surface area contributed by atoms with Crippen LogP contribution in [-0.2, 0) is 6.54 Å². The zero-order valence-corrected chi connectivity index (χ0v) is 10.5. The van der Waals surface area contributed by atoms with E-state index in [0.717, 1.165) is 24.5 Å². The summed E-state index contributed by atoms with van der Waals surface area (Å²) in [5.74, 6) is 0.947. The number of benzene rings is 2. The van der Waals surface area contributed by atoms with Crippen LogP contribution in [0.15, 0.2) is 48.5 Å². The summed E-state index contributed by atoms with van der Waals surface area (Å²) in [5, 5.41) is 8.80. The molecule has 2 aromatic carbocycles. The summed E-state index contributed by atoms with van der Waals surface area (Å²) >= 11 is 0. The van der Waals surface area contributed by atoms with Crippen LogP contribution in [0.5, 0.6) is 5.75 Å². The Balaban J connectivity index is 1.82. The average molecular weight is 250 g/mol. The van der Waals surface area contributed by atoms with Crippen molar-refractivity contribution in [2.45, 2.75) is 6.54 Å². The smallest absolute Gasteiger partial charge is 0.142 e. The van der Waals surface area contributed by atoms with Crippen molar-refractivity contribution in [3.63, 3.8) is 0 Å². The third-order valence-corrected chi connectivity index (χ3v) is 3.28. The number of anilines is 1. The van der Waals surface area contributed by atoms with E-state index in [9.17, 15) is 0 Å². The number of nitrogens with zero attached hydrogens (tertiary/aromatic N) is 2. The third kappa shape index (κ3) is 2.38. The van der Waals surface area contributed by atoms with Crippen LogP contribution in [0.4, 0.5) is 5.69 Å². The Labute approximate surface area is 112 Å². The molecule has 0 amide bonds. The Kier molecular flexibility index (Phi) is 3.07. The fourth-order valence-electron chi connectivity index (χ4n) is 2.30. The highest BCUT2D eigenvalue weighted by Crippen LogP contribution is 2.31. The van der Waals surface area contributed by atoms with Crippen molar-refractivity contribution in [3.05, 3.63) is 59.7 Å². The van der Waals surface area contributed by atoms with Crippen LogP contribution in [0.3, 0.4) is 0 Å². The highest BCUT2D eigenvalue weighted by atomic mass is 16.5. The lowest BCUT2D eigenvalue weighted by molar-refractivity contribution is 0.307. The summed E-state index contributed by atoms with van der Waals surface area (Å²) in [7, 11) is 0. The Morgan fingerprint density at radius 2 is 1.89 bits per heavy atom. The van der Waals surface area contributed by atoms with E-state index >= 15 is 0 Å². The second kappa shape index (κ2) is 5.03. The molecule has 1 heterocycles. The van der Waals surface area contributed by atoms with Crippen LogP contribution in [0, 0.1) is 11.3 Å². The maximum Gasteiger partial charge on any atom is 0.142 e. The maximum absolute atomic E-state index is 8.80. The lowest BCUT2D eigenvalue weighted by Gasteiger charge is -2.31. The molecule has 0 spiro atoms. The van der Waals surface area contributed by atoms with Crippen molar-refractivity contribution in [2.24, 2.45) is 0 Å². The molecule has 3 rings (SSSR count). The fourth-order valence-corrected chi connectivity index (χ4v) is 2.30. The molecular formula is C16H14N2O. The monoisotopic (exact) mass is 250 g/mol. The van der Waals surface area contributed by atoms with Gasteiger partial charge in [0.15, 0.2) is 0 Å². The quantitative estimate of drug-likeness (QED) is 0.822. The van der Waals surface area contributed by atoms with Gasteiger partial charge in [-0.15, -0.1) is 0 Å². The zero-order chi connectivity index (χ0) is 13.1. The van der Waals surface area contributed by atoms with Gasteiger partial charge >= 0.3 is 0 Å². The number of hydrogen-bond acceptors (Lipinski definition) is 3. The molecule has 0 aliphatic carbocycles. The second-order valence-electron chi connectivity index (χ2n) is 4.55. The highest BCUT2D eigenvalue weighted by Gasteiger charge is 2.17. The average Bonchev–Trinajstić information content (AvgIpc) is 2.48. The first-order valence-electron chi connectivity index (χ1n) is 6.32. The summed E-state index contributed by atoms with van der Waals surface area (Å²) in [6, 6.07) is 18.0. The minimum absolute atomic E-state index is 0.700. The number of nitriles is 1. The van der Waals surface area contributed by atoms with E-state index in [1.165, 1.54) is 5.56 Å². The van der Waals surface area contributed by atoms with Crippen molar-refractivity contribution in [1.29, 1.82) is 5.26 Å². The minimum Gasteiger partial charge on any atom is -0.490 e. The zero-order valence-electron chi connectivity index (χ0n) is 10.5. The molecule has 2 aromatic rings. The summed E-state index contributed by atoms with van der Waals surface area (Å²) in [6.45, 7) is 2.44. The molecule has 3 nitrogen and oxygen atoms in total. The fraction of sp³-hybridized carbons (Fsp3) is 0.188. The Morgan fingerprint density at radius 3 is 2.68 bits per heavy atom. The molecule has 0 saturated carbocycles. The summed E-state index contributed by atoms with van der Waals surface area (Å²) in [4.78, 5) is 2.31. The molecule has 0 radical (unpaired) electrons. The molecule has 0 aromatic heterocycles. The van der Waals surface area contributed by atoms with E-state index in [2.05, 4.69) is 17.0 Å². The van der Waals surface area contributed by atoms with Gasteiger partial charge < -0.3 is 9.64 Å². The molecule has 19 heavy (non-hydrogen) atoms. The molecule has 0 bridgehead atoms. The standard InChI is InChI=1S/C16H14N2O/c17-11-13-5-7-14(8-6-13)12-18-9-10-19-16-4-2-1-3-15(16)18/h1-8H,9-10,12H2. The predicted molar refractivity (Wildman–Crippen MR) is 74.1 cm³/mol. The lowest BCUT2D eigenvalue weighted by Crippen LogP contribution is -2.32. The van der Waals surface area contributed by atoms with Crippen LogP contribution in [0.25, 0.3) is 0 Å². The topological polar surface area (TPSA) is 36.3 Å². The summed E-state index contributed by atoms with van der Waals surface area (Å²) in [6.07, 6.45) is 0. The van der Waals surface area contributed by atoms with Gasteiger partial charge in [-0.2, -0.15) is 5.26 Å². The van der Waals surface area contributed by atoms with Gasteiger partial charge in [-0.05, 0) is 29.8 Å². The number of para-hydroxylation sites is 2. The van der Waals surface area contributed by atoms with Crippen molar-refractivity contribution >= 4 is 5.69 Å². The summed E-state index contributed by atoms with van der Waals surface area (Å²) < 4.78 is 5.64. The molecule has 0 N–H and O–H groups in total. The molecule has 0 saturated heterocycles. The highest BCUT2D eigenvalue weighted by molar-refractivity contribution is 5.59. The SMILES string of the molecule is N#Cc1ccc(CN2CCOc3ccccc32)cc1. The molecular weight excluding hydrogens is 236 g/mol. The molecule has 3 heteroatoms. The van der Waals surface area contributed by atoms with E-state index in [0.29, 0.717) is 12.2 Å². The van der Waals surface area contributed by atoms with Gasteiger partial charge in [-0.25, -0.2) is 0 Å². The van der Waals surface area contributed by atoms with Crippen molar-refractivity contribution in [3.8, 4) is 11.8 Å². The largest absolute Gasteiger partial charge is 0.490 e. The van der Waals surface area contributed by atoms with Gasteiger partial charge in [0.1, 0.15) is 12.4 Å². The number of fused-ring (bicyclic) bond motifs is 1. The number of ether oxygens (including phenoxy) is 1. The van der Waals surface area contributed by atoms with Crippen LogP contribution < -0.4 is 9.64 Å². The van der Waals surface area contributed by atoms with Gasteiger partial charge in [0.05, 0.1) is 23.9 Å². The van der Waals surface area contributed by atoms with Crippen molar-refractivity contribution < 1.29 is 4.74 Å². The molecule has 1 aliphatic heterocycles. The van der Waals surface area contributed by atoms with Crippen molar-refractivity contribution in [1.82, 2.24) is 0 Å². The van der Waals surface area contributed by atoms with Crippen molar-refractivity contribution in [2.75, 3.05) is 18.1 Å². The lowest BCUT2D eigenvalue weighted by atomic mass is 10.1. The van der Waals surface area contributed by atoms with Gasteiger partial charge in [0, 0.05) is 6.54 Å². The Morgan fingerprint density at radius 1 is 1.11 bits per heavy atom. The molecule has 1 aliphatic rings.